The summed E-state index contributed by atoms with van der Waals surface area (Å²) in [6, 6.07) is 12.1. The Bertz CT molecular complexity index is 983. The van der Waals surface area contributed by atoms with Gasteiger partial charge in [0, 0.05) is 19.6 Å². The Kier molecular flexibility index (Phi) is 7.76. The van der Waals surface area contributed by atoms with Crippen LogP contribution in [0.4, 0.5) is 18.9 Å². The summed E-state index contributed by atoms with van der Waals surface area (Å²) in [6.45, 7) is 2.83. The molecule has 0 saturated heterocycles. The molecule has 2 rings (SSSR count). The van der Waals surface area contributed by atoms with Crippen LogP contribution in [0.15, 0.2) is 53.4 Å². The fraction of sp³-hybridized carbons (Fsp3) is 0.350. The largest absolute Gasteiger partial charge is 0.390 e. The number of hydrogen-bond donors (Lipinski definition) is 0. The van der Waals surface area contributed by atoms with Crippen molar-refractivity contribution in [3.63, 3.8) is 0 Å². The van der Waals surface area contributed by atoms with Gasteiger partial charge in [-0.1, -0.05) is 29.8 Å². The van der Waals surface area contributed by atoms with E-state index in [9.17, 15) is 26.4 Å². The number of hydrogen-bond acceptors (Lipinski definition) is 3. The number of halogens is 4. The maximum atomic E-state index is 13.2. The van der Waals surface area contributed by atoms with E-state index in [1.807, 2.05) is 0 Å². The van der Waals surface area contributed by atoms with Crippen LogP contribution in [0.3, 0.4) is 0 Å². The van der Waals surface area contributed by atoms with Gasteiger partial charge in [-0.05, 0) is 44.2 Å². The highest BCUT2D eigenvalue weighted by Crippen LogP contribution is 2.28. The molecular weight excluding hydrogens is 441 g/mol. The third kappa shape index (κ3) is 5.66. The fourth-order valence-electron chi connectivity index (χ4n) is 2.88. The molecule has 5 nitrogen and oxygen atoms in total. The molecule has 0 unspecified atom stereocenters. The summed E-state index contributed by atoms with van der Waals surface area (Å²) < 4.78 is 65.2. The second-order valence-corrected chi connectivity index (χ2v) is 8.67. The summed E-state index contributed by atoms with van der Waals surface area (Å²) in [5.74, 6) is -0.758. The maximum absolute atomic E-state index is 13.2. The number of carbonyl (C=O) groups excluding carboxylic acids is 1. The predicted octanol–water partition coefficient (Wildman–Crippen LogP) is 4.97. The number of para-hydroxylation sites is 1. The first-order valence-corrected chi connectivity index (χ1v) is 11.1. The van der Waals surface area contributed by atoms with Crippen molar-refractivity contribution in [2.45, 2.75) is 31.3 Å². The Morgan fingerprint density at radius 2 is 1.67 bits per heavy atom. The molecule has 2 aromatic rings. The monoisotopic (exact) mass is 462 g/mol. The van der Waals surface area contributed by atoms with Crippen molar-refractivity contribution in [1.29, 1.82) is 0 Å². The summed E-state index contributed by atoms with van der Waals surface area (Å²) >= 11 is 6.08. The van der Waals surface area contributed by atoms with Gasteiger partial charge in [0.15, 0.2) is 0 Å². The number of sulfonamides is 1. The van der Waals surface area contributed by atoms with Gasteiger partial charge in [0.1, 0.15) is 0 Å². The average Bonchev–Trinajstić information content (AvgIpc) is 2.68. The van der Waals surface area contributed by atoms with Gasteiger partial charge < -0.3 is 4.90 Å². The van der Waals surface area contributed by atoms with E-state index in [1.165, 1.54) is 23.4 Å². The Morgan fingerprint density at radius 3 is 2.20 bits per heavy atom. The van der Waals surface area contributed by atoms with Crippen molar-refractivity contribution in [2.75, 3.05) is 23.9 Å². The molecule has 2 aromatic carbocycles. The maximum Gasteiger partial charge on any atom is 0.390 e. The highest BCUT2D eigenvalue weighted by molar-refractivity contribution is 7.92. The highest BCUT2D eigenvalue weighted by atomic mass is 35.5. The molecule has 0 heterocycles. The molecule has 0 spiro atoms. The van der Waals surface area contributed by atoms with Crippen molar-refractivity contribution >= 4 is 33.2 Å². The van der Waals surface area contributed by atoms with E-state index in [-0.39, 0.29) is 28.6 Å². The molecule has 0 saturated carbocycles. The first-order valence-electron chi connectivity index (χ1n) is 9.24. The topological polar surface area (TPSA) is 57.7 Å². The first kappa shape index (κ1) is 24.0. The quantitative estimate of drug-likeness (QED) is 0.556. The Hall–Kier alpha value is -2.26. The van der Waals surface area contributed by atoms with Crippen LogP contribution in [0, 0.1) is 0 Å². The summed E-state index contributed by atoms with van der Waals surface area (Å²) in [5.41, 5.74) is 0.286. The Morgan fingerprint density at radius 1 is 1.03 bits per heavy atom. The molecule has 0 aliphatic carbocycles. The molecule has 0 bridgehead atoms. The van der Waals surface area contributed by atoms with Gasteiger partial charge in [-0.3, -0.25) is 9.10 Å². The molecule has 10 heteroatoms. The minimum absolute atomic E-state index is 0.0212. The number of benzene rings is 2. The van der Waals surface area contributed by atoms with Gasteiger partial charge in [-0.15, -0.1) is 0 Å². The molecule has 0 aliphatic rings. The minimum atomic E-state index is -4.42. The van der Waals surface area contributed by atoms with E-state index in [1.54, 1.807) is 37.3 Å². The van der Waals surface area contributed by atoms with Crippen molar-refractivity contribution in [1.82, 2.24) is 4.90 Å². The summed E-state index contributed by atoms with van der Waals surface area (Å²) in [7, 11) is -4.02. The summed E-state index contributed by atoms with van der Waals surface area (Å²) in [6.07, 6.45) is -5.58. The van der Waals surface area contributed by atoms with E-state index in [0.717, 1.165) is 11.0 Å². The third-order valence-corrected chi connectivity index (χ3v) is 6.65. The van der Waals surface area contributed by atoms with Crippen LogP contribution in [0.2, 0.25) is 5.02 Å². The molecule has 1 amide bonds. The molecule has 0 radical (unpaired) electrons. The number of carbonyl (C=O) groups is 1. The third-order valence-electron chi connectivity index (χ3n) is 4.42. The van der Waals surface area contributed by atoms with E-state index < -0.39 is 35.1 Å². The SMILES string of the molecule is CCN(CCC(F)(F)F)C(=O)c1cc(S(=O)(=O)N(CC)c2ccccc2)ccc1Cl. The smallest absolute Gasteiger partial charge is 0.339 e. The molecule has 0 fully saturated rings. The lowest BCUT2D eigenvalue weighted by molar-refractivity contribution is -0.136. The summed E-state index contributed by atoms with van der Waals surface area (Å²) in [4.78, 5) is 13.6. The van der Waals surface area contributed by atoms with Gasteiger partial charge in [0.05, 0.1) is 27.6 Å². The van der Waals surface area contributed by atoms with Crippen LogP contribution in [0.1, 0.15) is 30.6 Å². The number of alkyl halides is 3. The van der Waals surface area contributed by atoms with Crippen molar-refractivity contribution in [2.24, 2.45) is 0 Å². The minimum Gasteiger partial charge on any atom is -0.339 e. The Balaban J connectivity index is 2.41. The number of amides is 1. The summed E-state index contributed by atoms with van der Waals surface area (Å²) in [5, 5.41) is -0.0350. The fourth-order valence-corrected chi connectivity index (χ4v) is 4.58. The predicted molar refractivity (Wildman–Crippen MR) is 110 cm³/mol. The average molecular weight is 463 g/mol. The zero-order valence-corrected chi connectivity index (χ0v) is 18.1. The van der Waals surface area contributed by atoms with Crippen LogP contribution in [0.5, 0.6) is 0 Å². The molecule has 164 valence electrons. The highest BCUT2D eigenvalue weighted by Gasteiger charge is 2.30. The van der Waals surface area contributed by atoms with E-state index in [4.69, 9.17) is 11.6 Å². The normalized spacial score (nSPS) is 11.9. The molecule has 0 aromatic heterocycles. The van der Waals surface area contributed by atoms with E-state index >= 15 is 0 Å². The van der Waals surface area contributed by atoms with Crippen LogP contribution in [-0.2, 0) is 10.0 Å². The van der Waals surface area contributed by atoms with Crippen LogP contribution in [-0.4, -0.2) is 45.0 Å². The lowest BCUT2D eigenvalue weighted by atomic mass is 10.2. The van der Waals surface area contributed by atoms with E-state index in [0.29, 0.717) is 5.69 Å². The molecule has 0 atom stereocenters. The van der Waals surface area contributed by atoms with Gasteiger partial charge in [0.25, 0.3) is 15.9 Å². The lowest BCUT2D eigenvalue weighted by Crippen LogP contribution is -2.34. The van der Waals surface area contributed by atoms with Crippen LogP contribution < -0.4 is 4.31 Å². The van der Waals surface area contributed by atoms with E-state index in [2.05, 4.69) is 0 Å². The standard InChI is InChI=1S/C20H22ClF3N2O3S/c1-3-25(13-12-20(22,23)24)19(27)17-14-16(10-11-18(17)21)30(28,29)26(4-2)15-8-6-5-7-9-15/h5-11,14H,3-4,12-13H2,1-2H3. The van der Waals surface area contributed by atoms with Gasteiger partial charge in [-0.2, -0.15) is 13.2 Å². The zero-order valence-electron chi connectivity index (χ0n) is 16.5. The molecule has 30 heavy (non-hydrogen) atoms. The Labute approximate surface area is 179 Å². The van der Waals surface area contributed by atoms with Crippen LogP contribution >= 0.6 is 11.6 Å². The lowest BCUT2D eigenvalue weighted by Gasteiger charge is -2.24. The second kappa shape index (κ2) is 9.70. The van der Waals surface area contributed by atoms with Crippen molar-refractivity contribution in [3.05, 3.63) is 59.1 Å². The number of anilines is 1. The zero-order chi connectivity index (χ0) is 22.5. The first-order chi connectivity index (χ1) is 14.0. The van der Waals surface area contributed by atoms with Gasteiger partial charge in [0.2, 0.25) is 0 Å². The van der Waals surface area contributed by atoms with Gasteiger partial charge >= 0.3 is 6.18 Å². The number of nitrogens with zero attached hydrogens (tertiary/aromatic N) is 2. The number of rotatable bonds is 8. The molecule has 0 aliphatic heterocycles. The van der Waals surface area contributed by atoms with Crippen LogP contribution in [0.25, 0.3) is 0 Å². The molecular formula is C20H22ClF3N2O3S. The second-order valence-electron chi connectivity index (χ2n) is 6.40. The molecule has 0 N–H and O–H groups in total. The van der Waals surface area contributed by atoms with Gasteiger partial charge in [-0.25, -0.2) is 8.42 Å². The van der Waals surface area contributed by atoms with Crippen molar-refractivity contribution < 1.29 is 26.4 Å². The van der Waals surface area contributed by atoms with Crippen molar-refractivity contribution in [3.8, 4) is 0 Å².